The Labute approximate surface area is 97.7 Å². The Hall–Kier alpha value is -1.09. The average molecular weight is 219 g/mol. The second-order valence-electron chi connectivity index (χ2n) is 5.05. The van der Waals surface area contributed by atoms with Crippen LogP contribution >= 0.6 is 0 Å². The van der Waals surface area contributed by atoms with E-state index < -0.39 is 0 Å². The van der Waals surface area contributed by atoms with Crippen molar-refractivity contribution in [1.29, 1.82) is 0 Å². The fourth-order valence-electron chi connectivity index (χ4n) is 2.60. The summed E-state index contributed by atoms with van der Waals surface area (Å²) in [6.45, 7) is 7.68. The maximum atomic E-state index is 6.00. The van der Waals surface area contributed by atoms with Crippen LogP contribution < -0.4 is 10.6 Å². The molecule has 2 N–H and O–H groups in total. The van der Waals surface area contributed by atoms with Crippen LogP contribution in [0.5, 0.6) is 0 Å². The van der Waals surface area contributed by atoms with E-state index >= 15 is 0 Å². The first-order chi connectivity index (χ1) is 7.59. The molecule has 1 aromatic rings. The van der Waals surface area contributed by atoms with E-state index in [2.05, 4.69) is 29.8 Å². The van der Waals surface area contributed by atoms with Gasteiger partial charge in [-0.15, -0.1) is 0 Å². The van der Waals surface area contributed by atoms with E-state index in [0.717, 1.165) is 23.8 Å². The first kappa shape index (κ1) is 11.4. The van der Waals surface area contributed by atoms with E-state index in [-0.39, 0.29) is 6.04 Å². The summed E-state index contributed by atoms with van der Waals surface area (Å²) in [5, 5.41) is 0. The summed E-state index contributed by atoms with van der Waals surface area (Å²) in [7, 11) is 0. The molecule has 0 aliphatic carbocycles. The molecule has 1 aromatic heterocycles. The second-order valence-corrected chi connectivity index (χ2v) is 5.05. The molecule has 0 aromatic carbocycles. The van der Waals surface area contributed by atoms with Gasteiger partial charge < -0.3 is 10.6 Å². The summed E-state index contributed by atoms with van der Waals surface area (Å²) in [5.41, 5.74) is 7.15. The van der Waals surface area contributed by atoms with Gasteiger partial charge in [-0.05, 0) is 32.3 Å². The van der Waals surface area contributed by atoms with Gasteiger partial charge in [-0.3, -0.25) is 0 Å². The molecular weight excluding hydrogens is 198 g/mol. The van der Waals surface area contributed by atoms with Gasteiger partial charge in [-0.2, -0.15) is 0 Å². The van der Waals surface area contributed by atoms with Crippen molar-refractivity contribution in [3.63, 3.8) is 0 Å². The van der Waals surface area contributed by atoms with E-state index in [1.807, 2.05) is 19.2 Å². The highest BCUT2D eigenvalue weighted by molar-refractivity contribution is 5.50. The van der Waals surface area contributed by atoms with Crippen LogP contribution in [-0.4, -0.2) is 17.6 Å². The smallest absolute Gasteiger partial charge is 0.133 e. The van der Waals surface area contributed by atoms with Crippen LogP contribution in [0.15, 0.2) is 18.3 Å². The van der Waals surface area contributed by atoms with Gasteiger partial charge in [0.25, 0.3) is 0 Å². The Morgan fingerprint density at radius 2 is 2.25 bits per heavy atom. The van der Waals surface area contributed by atoms with E-state index in [4.69, 9.17) is 5.73 Å². The first-order valence-electron chi connectivity index (χ1n) is 6.06. The maximum absolute atomic E-state index is 6.00. The summed E-state index contributed by atoms with van der Waals surface area (Å²) < 4.78 is 0. The predicted octanol–water partition coefficient (Wildman–Crippen LogP) is 2.34. The SMILES string of the molecule is CC1CC(C)N(c2ncccc2[C@H](C)N)C1. The molecule has 3 heteroatoms. The molecule has 1 aliphatic rings. The molecule has 16 heavy (non-hydrogen) atoms. The van der Waals surface area contributed by atoms with E-state index in [0.29, 0.717) is 6.04 Å². The minimum Gasteiger partial charge on any atom is -0.353 e. The van der Waals surface area contributed by atoms with Crippen LogP contribution in [0.2, 0.25) is 0 Å². The Bertz CT molecular complexity index is 362. The second kappa shape index (κ2) is 4.42. The number of anilines is 1. The molecule has 1 fully saturated rings. The molecular formula is C13H21N3. The third-order valence-corrected chi connectivity index (χ3v) is 3.36. The molecule has 0 radical (unpaired) electrons. The fourth-order valence-corrected chi connectivity index (χ4v) is 2.60. The summed E-state index contributed by atoms with van der Waals surface area (Å²) >= 11 is 0. The lowest BCUT2D eigenvalue weighted by molar-refractivity contribution is 0.625. The summed E-state index contributed by atoms with van der Waals surface area (Å²) in [6, 6.07) is 4.67. The largest absolute Gasteiger partial charge is 0.353 e. The number of hydrogen-bond donors (Lipinski definition) is 1. The van der Waals surface area contributed by atoms with Crippen LogP contribution in [0.3, 0.4) is 0 Å². The molecule has 88 valence electrons. The molecule has 3 nitrogen and oxygen atoms in total. The van der Waals surface area contributed by atoms with Crippen LogP contribution in [0.4, 0.5) is 5.82 Å². The number of pyridine rings is 1. The van der Waals surface area contributed by atoms with E-state index in [9.17, 15) is 0 Å². The van der Waals surface area contributed by atoms with Crippen molar-refractivity contribution in [2.75, 3.05) is 11.4 Å². The molecule has 0 amide bonds. The quantitative estimate of drug-likeness (QED) is 0.830. The fraction of sp³-hybridized carbons (Fsp3) is 0.615. The van der Waals surface area contributed by atoms with Crippen molar-refractivity contribution in [2.24, 2.45) is 11.7 Å². The molecule has 2 rings (SSSR count). The van der Waals surface area contributed by atoms with Gasteiger partial charge >= 0.3 is 0 Å². The molecule has 2 heterocycles. The zero-order valence-corrected chi connectivity index (χ0v) is 10.4. The van der Waals surface area contributed by atoms with Crippen molar-refractivity contribution in [1.82, 2.24) is 4.98 Å². The Kier molecular flexibility index (Phi) is 3.15. The van der Waals surface area contributed by atoms with Gasteiger partial charge in [0.05, 0.1) is 0 Å². The average Bonchev–Trinajstić information content (AvgIpc) is 2.57. The Morgan fingerprint density at radius 3 is 2.81 bits per heavy atom. The summed E-state index contributed by atoms with van der Waals surface area (Å²) in [5.74, 6) is 1.83. The lowest BCUT2D eigenvalue weighted by atomic mass is 10.1. The minimum absolute atomic E-state index is 0.0480. The minimum atomic E-state index is 0.0480. The molecule has 2 unspecified atom stereocenters. The van der Waals surface area contributed by atoms with Crippen molar-refractivity contribution in [3.05, 3.63) is 23.9 Å². The van der Waals surface area contributed by atoms with Gasteiger partial charge in [0, 0.05) is 30.4 Å². The highest BCUT2D eigenvalue weighted by Crippen LogP contribution is 2.31. The zero-order valence-electron chi connectivity index (χ0n) is 10.4. The number of hydrogen-bond acceptors (Lipinski definition) is 3. The maximum Gasteiger partial charge on any atom is 0.133 e. The van der Waals surface area contributed by atoms with Crippen LogP contribution in [0, 0.1) is 5.92 Å². The molecule has 0 bridgehead atoms. The zero-order chi connectivity index (χ0) is 11.7. The topological polar surface area (TPSA) is 42.2 Å². The molecule has 1 saturated heterocycles. The van der Waals surface area contributed by atoms with Gasteiger partial charge in [0.2, 0.25) is 0 Å². The lowest BCUT2D eigenvalue weighted by Gasteiger charge is -2.26. The van der Waals surface area contributed by atoms with Gasteiger partial charge in [0.1, 0.15) is 5.82 Å². The van der Waals surface area contributed by atoms with Crippen molar-refractivity contribution < 1.29 is 0 Å². The third-order valence-electron chi connectivity index (χ3n) is 3.36. The predicted molar refractivity (Wildman–Crippen MR) is 67.4 cm³/mol. The van der Waals surface area contributed by atoms with Crippen LogP contribution in [-0.2, 0) is 0 Å². The number of aromatic nitrogens is 1. The number of rotatable bonds is 2. The normalized spacial score (nSPS) is 27.1. The van der Waals surface area contributed by atoms with Crippen LogP contribution in [0.25, 0.3) is 0 Å². The number of nitrogens with zero attached hydrogens (tertiary/aromatic N) is 2. The van der Waals surface area contributed by atoms with E-state index in [1.54, 1.807) is 0 Å². The third kappa shape index (κ3) is 2.05. The Balaban J connectivity index is 2.33. The lowest BCUT2D eigenvalue weighted by Crippen LogP contribution is -2.29. The molecule has 1 aliphatic heterocycles. The standard InChI is InChI=1S/C13H21N3/c1-9-7-10(2)16(8-9)13-12(11(3)14)5-4-6-15-13/h4-6,9-11H,7-8,14H2,1-3H3/t9?,10?,11-/m0/s1. The number of nitrogens with two attached hydrogens (primary N) is 1. The van der Waals surface area contributed by atoms with Crippen LogP contribution in [0.1, 0.15) is 38.8 Å². The van der Waals surface area contributed by atoms with Crippen molar-refractivity contribution in [2.45, 2.75) is 39.3 Å². The molecule has 0 saturated carbocycles. The van der Waals surface area contributed by atoms with Gasteiger partial charge in [0.15, 0.2) is 0 Å². The molecule has 0 spiro atoms. The summed E-state index contributed by atoms with van der Waals surface area (Å²) in [6.07, 6.45) is 3.10. The highest BCUT2D eigenvalue weighted by Gasteiger charge is 2.28. The Morgan fingerprint density at radius 1 is 1.50 bits per heavy atom. The van der Waals surface area contributed by atoms with Gasteiger partial charge in [-0.1, -0.05) is 13.0 Å². The van der Waals surface area contributed by atoms with Crippen molar-refractivity contribution >= 4 is 5.82 Å². The monoisotopic (exact) mass is 219 g/mol. The highest BCUT2D eigenvalue weighted by atomic mass is 15.2. The van der Waals surface area contributed by atoms with E-state index in [1.165, 1.54) is 6.42 Å². The molecule has 3 atom stereocenters. The first-order valence-corrected chi connectivity index (χ1v) is 6.06. The van der Waals surface area contributed by atoms with Crippen molar-refractivity contribution in [3.8, 4) is 0 Å². The summed E-state index contributed by atoms with van der Waals surface area (Å²) in [4.78, 5) is 6.90. The van der Waals surface area contributed by atoms with Gasteiger partial charge in [-0.25, -0.2) is 4.98 Å².